The van der Waals surface area contributed by atoms with Gasteiger partial charge in [0.25, 0.3) is 0 Å². The number of unbranched alkanes of at least 4 members (excludes halogenated alkanes) is 1. The van der Waals surface area contributed by atoms with Crippen molar-refractivity contribution < 1.29 is 9.13 Å². The molecular formula is C17H19FO. The SMILES string of the molecule is Cc1cccc(OCCCCc2ccccc2)c1F. The molecule has 0 N–H and O–H groups in total. The van der Waals surface area contributed by atoms with Crippen molar-refractivity contribution in [2.45, 2.75) is 26.2 Å². The van der Waals surface area contributed by atoms with Gasteiger partial charge in [-0.25, -0.2) is 4.39 Å². The third kappa shape index (κ3) is 4.09. The van der Waals surface area contributed by atoms with E-state index in [4.69, 9.17) is 4.74 Å². The maximum absolute atomic E-state index is 13.7. The van der Waals surface area contributed by atoms with Gasteiger partial charge in [0.2, 0.25) is 0 Å². The number of ether oxygens (including phenoxy) is 1. The van der Waals surface area contributed by atoms with Crippen LogP contribution in [0.3, 0.4) is 0 Å². The number of rotatable bonds is 6. The minimum atomic E-state index is -0.245. The van der Waals surface area contributed by atoms with Gasteiger partial charge in [-0.05, 0) is 43.4 Å². The van der Waals surface area contributed by atoms with Gasteiger partial charge in [-0.15, -0.1) is 0 Å². The molecule has 0 bridgehead atoms. The molecule has 0 saturated carbocycles. The second-order valence-electron chi connectivity index (χ2n) is 4.68. The Hall–Kier alpha value is -1.83. The molecular weight excluding hydrogens is 239 g/mol. The highest BCUT2D eigenvalue weighted by Crippen LogP contribution is 2.19. The van der Waals surface area contributed by atoms with E-state index in [1.165, 1.54) is 5.56 Å². The lowest BCUT2D eigenvalue weighted by molar-refractivity contribution is 0.291. The van der Waals surface area contributed by atoms with Crippen LogP contribution in [0, 0.1) is 12.7 Å². The second-order valence-corrected chi connectivity index (χ2v) is 4.68. The highest BCUT2D eigenvalue weighted by molar-refractivity contribution is 5.30. The summed E-state index contributed by atoms with van der Waals surface area (Å²) < 4.78 is 19.1. The molecule has 1 nitrogen and oxygen atoms in total. The smallest absolute Gasteiger partial charge is 0.167 e. The van der Waals surface area contributed by atoms with Crippen LogP contribution in [0.5, 0.6) is 5.75 Å². The van der Waals surface area contributed by atoms with Gasteiger partial charge in [0, 0.05) is 0 Å². The summed E-state index contributed by atoms with van der Waals surface area (Å²) in [6.07, 6.45) is 3.03. The lowest BCUT2D eigenvalue weighted by Crippen LogP contribution is -2.00. The Morgan fingerprint density at radius 1 is 0.947 bits per heavy atom. The van der Waals surface area contributed by atoms with Crippen molar-refractivity contribution in [3.63, 3.8) is 0 Å². The zero-order valence-corrected chi connectivity index (χ0v) is 11.2. The van der Waals surface area contributed by atoms with Gasteiger partial charge in [0.15, 0.2) is 11.6 Å². The van der Waals surface area contributed by atoms with Gasteiger partial charge in [-0.3, -0.25) is 0 Å². The van der Waals surface area contributed by atoms with Crippen LogP contribution < -0.4 is 4.74 Å². The fourth-order valence-electron chi connectivity index (χ4n) is 1.99. The zero-order valence-electron chi connectivity index (χ0n) is 11.2. The quantitative estimate of drug-likeness (QED) is 0.691. The third-order valence-corrected chi connectivity index (χ3v) is 3.12. The predicted molar refractivity (Wildman–Crippen MR) is 76.0 cm³/mol. The van der Waals surface area contributed by atoms with E-state index < -0.39 is 0 Å². The largest absolute Gasteiger partial charge is 0.491 e. The zero-order chi connectivity index (χ0) is 13.5. The molecule has 0 aliphatic rings. The molecule has 0 fully saturated rings. The van der Waals surface area contributed by atoms with Crippen LogP contribution in [-0.4, -0.2) is 6.61 Å². The molecule has 0 unspecified atom stereocenters. The number of hydrogen-bond acceptors (Lipinski definition) is 1. The van der Waals surface area contributed by atoms with Crippen molar-refractivity contribution in [2.24, 2.45) is 0 Å². The van der Waals surface area contributed by atoms with Gasteiger partial charge < -0.3 is 4.74 Å². The summed E-state index contributed by atoms with van der Waals surface area (Å²) in [7, 11) is 0. The molecule has 0 radical (unpaired) electrons. The Labute approximate surface area is 114 Å². The first-order valence-corrected chi connectivity index (χ1v) is 6.69. The maximum atomic E-state index is 13.7. The summed E-state index contributed by atoms with van der Waals surface area (Å²) >= 11 is 0. The van der Waals surface area contributed by atoms with Crippen molar-refractivity contribution in [1.82, 2.24) is 0 Å². The molecule has 19 heavy (non-hydrogen) atoms. The summed E-state index contributed by atoms with van der Waals surface area (Å²) in [6.45, 7) is 2.31. The summed E-state index contributed by atoms with van der Waals surface area (Å²) in [5.74, 6) is 0.116. The Bertz CT molecular complexity index is 508. The average molecular weight is 258 g/mol. The van der Waals surface area contributed by atoms with Crippen LogP contribution in [-0.2, 0) is 6.42 Å². The molecule has 0 atom stereocenters. The topological polar surface area (TPSA) is 9.23 Å². The highest BCUT2D eigenvalue weighted by Gasteiger charge is 2.04. The fraction of sp³-hybridized carbons (Fsp3) is 0.294. The Morgan fingerprint density at radius 2 is 1.74 bits per heavy atom. The minimum Gasteiger partial charge on any atom is -0.491 e. The number of hydrogen-bond donors (Lipinski definition) is 0. The number of halogens is 1. The molecule has 100 valence electrons. The molecule has 2 rings (SSSR count). The minimum absolute atomic E-state index is 0.245. The van der Waals surface area contributed by atoms with Crippen LogP contribution >= 0.6 is 0 Å². The van der Waals surface area contributed by atoms with E-state index in [1.807, 2.05) is 24.3 Å². The standard InChI is InChI=1S/C17H19FO/c1-14-8-7-12-16(17(14)18)19-13-6-5-11-15-9-3-2-4-10-15/h2-4,7-10,12H,5-6,11,13H2,1H3. The maximum Gasteiger partial charge on any atom is 0.167 e. The summed E-state index contributed by atoms with van der Waals surface area (Å²) in [4.78, 5) is 0. The lowest BCUT2D eigenvalue weighted by Gasteiger charge is -2.08. The molecule has 2 heteroatoms. The fourth-order valence-corrected chi connectivity index (χ4v) is 1.99. The van der Waals surface area contributed by atoms with Crippen LogP contribution in [0.25, 0.3) is 0 Å². The molecule has 2 aromatic carbocycles. The summed E-state index contributed by atoms with van der Waals surface area (Å²) in [6, 6.07) is 15.6. The Morgan fingerprint density at radius 3 is 2.53 bits per heavy atom. The van der Waals surface area contributed by atoms with Gasteiger partial charge in [0.05, 0.1) is 6.61 Å². The Balaban J connectivity index is 1.71. The Kier molecular flexibility index (Phi) is 4.96. The molecule has 0 aliphatic heterocycles. The molecule has 2 aromatic rings. The molecule has 0 spiro atoms. The van der Waals surface area contributed by atoms with Gasteiger partial charge in [0.1, 0.15) is 0 Å². The predicted octanol–water partition coefficient (Wildman–Crippen LogP) is 4.54. The van der Waals surface area contributed by atoms with E-state index in [0.717, 1.165) is 19.3 Å². The lowest BCUT2D eigenvalue weighted by atomic mass is 10.1. The molecule has 0 aromatic heterocycles. The van der Waals surface area contributed by atoms with E-state index in [0.29, 0.717) is 17.9 Å². The van der Waals surface area contributed by atoms with Crippen LogP contribution in [0.1, 0.15) is 24.0 Å². The first-order chi connectivity index (χ1) is 9.27. The summed E-state index contributed by atoms with van der Waals surface area (Å²) in [5.41, 5.74) is 1.96. The van der Waals surface area contributed by atoms with Crippen LogP contribution in [0.2, 0.25) is 0 Å². The van der Waals surface area contributed by atoms with Crippen molar-refractivity contribution in [2.75, 3.05) is 6.61 Å². The van der Waals surface area contributed by atoms with E-state index >= 15 is 0 Å². The highest BCUT2D eigenvalue weighted by atomic mass is 19.1. The van der Waals surface area contributed by atoms with Crippen molar-refractivity contribution in [3.05, 3.63) is 65.5 Å². The van der Waals surface area contributed by atoms with E-state index in [-0.39, 0.29) is 5.82 Å². The summed E-state index contributed by atoms with van der Waals surface area (Å²) in [5, 5.41) is 0. The van der Waals surface area contributed by atoms with Crippen LogP contribution in [0.15, 0.2) is 48.5 Å². The van der Waals surface area contributed by atoms with Gasteiger partial charge >= 0.3 is 0 Å². The van der Waals surface area contributed by atoms with Crippen molar-refractivity contribution in [1.29, 1.82) is 0 Å². The number of benzene rings is 2. The number of aryl methyl sites for hydroxylation is 2. The normalized spacial score (nSPS) is 10.4. The molecule has 0 heterocycles. The van der Waals surface area contributed by atoms with E-state index in [2.05, 4.69) is 12.1 Å². The third-order valence-electron chi connectivity index (χ3n) is 3.12. The molecule has 0 aliphatic carbocycles. The van der Waals surface area contributed by atoms with Gasteiger partial charge in [-0.1, -0.05) is 42.5 Å². The second kappa shape index (κ2) is 6.93. The van der Waals surface area contributed by atoms with Crippen molar-refractivity contribution >= 4 is 0 Å². The first kappa shape index (κ1) is 13.6. The average Bonchev–Trinajstić information content (AvgIpc) is 2.44. The van der Waals surface area contributed by atoms with E-state index in [1.54, 1.807) is 19.1 Å². The van der Waals surface area contributed by atoms with Crippen molar-refractivity contribution in [3.8, 4) is 5.75 Å². The molecule has 0 amide bonds. The van der Waals surface area contributed by atoms with E-state index in [9.17, 15) is 4.39 Å². The monoisotopic (exact) mass is 258 g/mol. The van der Waals surface area contributed by atoms with Gasteiger partial charge in [-0.2, -0.15) is 0 Å². The van der Waals surface area contributed by atoms with Crippen LogP contribution in [0.4, 0.5) is 4.39 Å². The first-order valence-electron chi connectivity index (χ1n) is 6.69. The molecule has 0 saturated heterocycles.